The summed E-state index contributed by atoms with van der Waals surface area (Å²) in [4.78, 5) is 3.67. The predicted octanol–water partition coefficient (Wildman–Crippen LogP) is -2.27. The second kappa shape index (κ2) is 9.86. The molecule has 0 heterocycles. The molecule has 0 aliphatic rings. The maximum Gasteiger partial charge on any atom is 1.00 e. The van der Waals surface area contributed by atoms with Crippen LogP contribution in [0.1, 0.15) is 11.1 Å². The summed E-state index contributed by atoms with van der Waals surface area (Å²) in [5, 5.41) is 11.8. The van der Waals surface area contributed by atoms with Crippen molar-refractivity contribution in [2.45, 2.75) is 13.3 Å². The van der Waals surface area contributed by atoms with Crippen LogP contribution in [0.25, 0.3) is 0 Å². The Bertz CT molecular complexity index is 558. The van der Waals surface area contributed by atoms with Crippen LogP contribution in [0.15, 0.2) is 29.3 Å². The monoisotopic (exact) mass is 339 g/mol. The topological polar surface area (TPSA) is 89.8 Å². The van der Waals surface area contributed by atoms with Crippen molar-refractivity contribution >= 4 is 28.6 Å². The van der Waals surface area contributed by atoms with E-state index in [1.165, 1.54) is 0 Å². The van der Waals surface area contributed by atoms with Gasteiger partial charge in [0.15, 0.2) is 0 Å². The van der Waals surface area contributed by atoms with Crippen LogP contribution in [0.3, 0.4) is 0 Å². The zero-order chi connectivity index (χ0) is 15.2. The Hall–Kier alpha value is -0.0500. The number of hydrogen-bond donors (Lipinski definition) is 2. The van der Waals surface area contributed by atoms with Gasteiger partial charge in [-0.1, -0.05) is 29.8 Å². The molecule has 0 bridgehead atoms. The average molecular weight is 339 g/mol. The van der Waals surface area contributed by atoms with Gasteiger partial charge in [-0.05, 0) is 36.5 Å². The van der Waals surface area contributed by atoms with Crippen LogP contribution < -0.4 is 34.7 Å². The summed E-state index contributed by atoms with van der Waals surface area (Å²) < 4.78 is 29.7. The molecule has 0 fully saturated rings. The zero-order valence-electron chi connectivity index (χ0n) is 12.2. The van der Waals surface area contributed by atoms with E-state index in [4.69, 9.17) is 4.55 Å². The molecule has 0 saturated heterocycles. The molecule has 0 spiro atoms. The number of benzene rings is 1. The van der Waals surface area contributed by atoms with Gasteiger partial charge >= 0.3 is 29.6 Å². The summed E-state index contributed by atoms with van der Waals surface area (Å²) in [6.45, 7) is 1.76. The summed E-state index contributed by atoms with van der Waals surface area (Å²) in [7, 11) is -4.08. The standard InChI is InChI=1S/C13H19NO4S2.Na/c1-10-2-4-11(5-3-10)8-12(9-19)13(15)14-6-7-20(16,17)18;/h2-5,12,19H,6-9H2,1H3,(H,14,15)(H,16,17,18);/q;+1/p-1. The summed E-state index contributed by atoms with van der Waals surface area (Å²) >= 11 is 4.14. The molecule has 1 aromatic carbocycles. The molecule has 1 unspecified atom stereocenters. The zero-order valence-corrected chi connectivity index (χ0v) is 15.9. The quantitative estimate of drug-likeness (QED) is 0.193. The summed E-state index contributed by atoms with van der Waals surface area (Å²) in [5.74, 6) is -0.975. The number of hydrogen-bond acceptors (Lipinski definition) is 5. The first kappa shape index (κ1) is 20.9. The normalized spacial score (nSPS) is 13.6. The van der Waals surface area contributed by atoms with E-state index in [1.54, 1.807) is 0 Å². The fraction of sp³-hybridized carbons (Fsp3) is 0.462. The van der Waals surface area contributed by atoms with Gasteiger partial charge in [0.2, 0.25) is 0 Å². The molecule has 0 aromatic heterocycles. The number of rotatable bonds is 7. The van der Waals surface area contributed by atoms with Gasteiger partial charge in [-0.2, -0.15) is 21.0 Å². The fourth-order valence-electron chi connectivity index (χ4n) is 1.64. The van der Waals surface area contributed by atoms with Crippen molar-refractivity contribution in [3.05, 3.63) is 35.4 Å². The van der Waals surface area contributed by atoms with E-state index in [9.17, 15) is 13.5 Å². The van der Waals surface area contributed by atoms with Crippen LogP contribution in [-0.2, 0) is 16.5 Å². The Kier molecular flexibility index (Phi) is 9.84. The van der Waals surface area contributed by atoms with Crippen LogP contribution in [-0.4, -0.2) is 36.9 Å². The Morgan fingerprint density at radius 2 is 1.95 bits per heavy atom. The molecule has 0 aliphatic heterocycles. The van der Waals surface area contributed by atoms with E-state index in [0.29, 0.717) is 12.2 Å². The van der Waals surface area contributed by atoms with Crippen molar-refractivity contribution in [3.63, 3.8) is 0 Å². The van der Waals surface area contributed by atoms with E-state index in [2.05, 4.69) is 17.6 Å². The molecule has 0 amide bonds. The summed E-state index contributed by atoms with van der Waals surface area (Å²) in [5.41, 5.74) is 2.15. The average Bonchev–Trinajstić information content (AvgIpc) is 2.36. The van der Waals surface area contributed by atoms with Crippen molar-refractivity contribution in [1.82, 2.24) is 0 Å². The maximum atomic E-state index is 11.8. The fourth-order valence-corrected chi connectivity index (χ4v) is 2.25. The van der Waals surface area contributed by atoms with Crippen molar-refractivity contribution in [2.75, 3.05) is 18.1 Å². The van der Waals surface area contributed by atoms with Gasteiger partial charge in [0.1, 0.15) is 0 Å². The van der Waals surface area contributed by atoms with Crippen molar-refractivity contribution < 1.29 is 47.6 Å². The number of aliphatic imine (C=N–C) groups is 1. The number of aryl methyl sites for hydroxylation is 1. The summed E-state index contributed by atoms with van der Waals surface area (Å²) in [6.07, 6.45) is 0.512. The Labute approximate surface area is 153 Å². The van der Waals surface area contributed by atoms with Crippen LogP contribution in [0, 0.1) is 12.8 Å². The number of thiol groups is 1. The van der Waals surface area contributed by atoms with Crippen LogP contribution >= 0.6 is 12.6 Å². The van der Waals surface area contributed by atoms with E-state index in [-0.39, 0.29) is 47.9 Å². The van der Waals surface area contributed by atoms with Gasteiger partial charge < -0.3 is 10.1 Å². The van der Waals surface area contributed by atoms with Crippen LogP contribution in [0.4, 0.5) is 0 Å². The molecule has 1 N–H and O–H groups in total. The van der Waals surface area contributed by atoms with Crippen LogP contribution in [0.5, 0.6) is 0 Å². The van der Waals surface area contributed by atoms with Gasteiger partial charge in [0, 0.05) is 0 Å². The molecule has 0 saturated carbocycles. The van der Waals surface area contributed by atoms with E-state index >= 15 is 0 Å². The van der Waals surface area contributed by atoms with Crippen molar-refractivity contribution in [2.24, 2.45) is 10.9 Å². The first-order chi connectivity index (χ1) is 9.31. The Morgan fingerprint density at radius 1 is 1.38 bits per heavy atom. The van der Waals surface area contributed by atoms with Gasteiger partial charge in [-0.15, -0.1) is 0 Å². The molecular formula is C13H18NNaO4S2. The van der Waals surface area contributed by atoms with Gasteiger partial charge in [-0.25, -0.2) is 0 Å². The first-order valence-electron chi connectivity index (χ1n) is 6.14. The Balaban J connectivity index is 0.00000400. The Morgan fingerprint density at radius 3 is 2.43 bits per heavy atom. The van der Waals surface area contributed by atoms with Crippen molar-refractivity contribution in [3.8, 4) is 0 Å². The minimum Gasteiger partial charge on any atom is -0.862 e. The predicted molar refractivity (Wildman–Crippen MR) is 80.9 cm³/mol. The minimum atomic E-state index is -4.08. The third-order valence-corrected chi connectivity index (χ3v) is 3.93. The van der Waals surface area contributed by atoms with Gasteiger partial charge in [0.25, 0.3) is 10.1 Å². The third kappa shape index (κ3) is 8.85. The van der Waals surface area contributed by atoms with Gasteiger partial charge in [-0.3, -0.25) is 4.55 Å². The van der Waals surface area contributed by atoms with Crippen LogP contribution in [0.2, 0.25) is 0 Å². The molecule has 8 heteroatoms. The second-order valence-electron chi connectivity index (χ2n) is 4.58. The van der Waals surface area contributed by atoms with Crippen molar-refractivity contribution in [1.29, 1.82) is 0 Å². The molecule has 0 radical (unpaired) electrons. The SMILES string of the molecule is Cc1ccc(CC(CS)C([O-])=NCCS(=O)(=O)O)cc1.[Na+]. The van der Waals surface area contributed by atoms with Gasteiger partial charge in [0.05, 0.1) is 12.3 Å². The minimum absolute atomic E-state index is 0. The van der Waals surface area contributed by atoms with E-state index in [1.807, 2.05) is 31.2 Å². The molecular weight excluding hydrogens is 321 g/mol. The molecule has 0 aliphatic carbocycles. The van der Waals surface area contributed by atoms with E-state index < -0.39 is 15.9 Å². The first-order valence-corrected chi connectivity index (χ1v) is 8.39. The molecule has 112 valence electrons. The third-order valence-electron chi connectivity index (χ3n) is 2.79. The number of nitrogens with zero attached hydrogens (tertiary/aromatic N) is 1. The molecule has 1 aromatic rings. The maximum absolute atomic E-state index is 11.8. The molecule has 1 rings (SSSR count). The second-order valence-corrected chi connectivity index (χ2v) is 6.51. The molecule has 1 atom stereocenters. The smallest absolute Gasteiger partial charge is 0.862 e. The van der Waals surface area contributed by atoms with E-state index in [0.717, 1.165) is 11.1 Å². The molecule has 5 nitrogen and oxygen atoms in total. The summed E-state index contributed by atoms with van der Waals surface area (Å²) in [6, 6.07) is 7.81. The largest absolute Gasteiger partial charge is 1.00 e. The molecule has 21 heavy (non-hydrogen) atoms.